The van der Waals surface area contributed by atoms with E-state index in [0.717, 1.165) is 43.0 Å². The van der Waals surface area contributed by atoms with Crippen LogP contribution in [-0.4, -0.2) is 97.9 Å². The van der Waals surface area contributed by atoms with Gasteiger partial charge in [-0.25, -0.2) is 4.57 Å². The van der Waals surface area contributed by atoms with Crippen LogP contribution in [0, 0.1) is 0 Å². The molecular weight excluding hydrogens is 721 g/mol. The van der Waals surface area contributed by atoms with E-state index in [2.05, 4.69) is 46.4 Å². The molecule has 0 aromatic heterocycles. The van der Waals surface area contributed by atoms with Gasteiger partial charge in [0.1, 0.15) is 12.7 Å². The number of carbonyl (C=O) groups excluding carboxylic acids is 2. The van der Waals surface area contributed by atoms with Gasteiger partial charge in [-0.15, -0.1) is 0 Å². The van der Waals surface area contributed by atoms with Crippen LogP contribution in [0.15, 0.2) is 0 Å². The van der Waals surface area contributed by atoms with Gasteiger partial charge in [-0.2, -0.15) is 0 Å². The summed E-state index contributed by atoms with van der Waals surface area (Å²) < 4.78 is 33.5. The quantitative estimate of drug-likeness (QED) is 0.0280. The van der Waals surface area contributed by atoms with Gasteiger partial charge in [0, 0.05) is 12.8 Å². The van der Waals surface area contributed by atoms with Crippen molar-refractivity contribution in [3.05, 3.63) is 0 Å². The second kappa shape index (κ2) is 39.5. The number of quaternary nitrogens is 1. The van der Waals surface area contributed by atoms with Crippen molar-refractivity contribution in [2.45, 2.75) is 193 Å². The molecule has 0 heterocycles. The number of carbonyl (C=O) groups is 2. The topological polar surface area (TPSA) is 149 Å². The molecule has 0 bridgehead atoms. The number of rotatable bonds is 36. The first kappa shape index (κ1) is 56.6. The Morgan fingerprint density at radius 2 is 0.962 bits per heavy atom. The molecule has 3 atom stereocenters. The summed E-state index contributed by atoms with van der Waals surface area (Å²) in [5, 5.41) is 18.2. The Balaban J connectivity index is -0.00000282. The first-order chi connectivity index (χ1) is 24.8. The van der Waals surface area contributed by atoms with Crippen molar-refractivity contribution >= 4 is 19.8 Å². The average Bonchev–Trinajstić information content (AvgIpc) is 3.09. The lowest BCUT2D eigenvalue weighted by Crippen LogP contribution is -3.00. The number of hydrogen-bond acceptors (Lipinski definition) is 9. The van der Waals surface area contributed by atoms with Crippen LogP contribution in [0.3, 0.4) is 0 Å². The average molecular weight is 805 g/mol. The molecule has 0 aliphatic rings. The Bertz CT molecular complexity index is 862. The third kappa shape index (κ3) is 45.5. The fraction of sp³-hybridized carbons (Fsp3) is 0.950. The van der Waals surface area contributed by atoms with Gasteiger partial charge >= 0.3 is 19.8 Å². The van der Waals surface area contributed by atoms with Crippen molar-refractivity contribution in [2.24, 2.45) is 0 Å². The number of aliphatic hydroxyl groups is 2. The molecule has 0 amide bonds. The third-order valence-electron chi connectivity index (χ3n) is 8.66. The molecule has 0 spiro atoms. The van der Waals surface area contributed by atoms with Gasteiger partial charge in [-0.3, -0.25) is 18.6 Å². The van der Waals surface area contributed by atoms with Crippen molar-refractivity contribution < 1.29 is 64.7 Å². The van der Waals surface area contributed by atoms with Gasteiger partial charge in [0.05, 0.1) is 47.5 Å². The molecule has 0 rings (SSSR count). The third-order valence-corrected chi connectivity index (χ3v) is 9.61. The number of hydrogen-bond donors (Lipinski definition) is 3. The van der Waals surface area contributed by atoms with Crippen LogP contribution in [0.5, 0.6) is 0 Å². The van der Waals surface area contributed by atoms with Crippen molar-refractivity contribution in [1.29, 1.82) is 0 Å². The van der Waals surface area contributed by atoms with Crippen LogP contribution in [0.1, 0.15) is 181 Å². The second-order valence-corrected chi connectivity index (χ2v) is 16.7. The highest BCUT2D eigenvalue weighted by Crippen LogP contribution is 2.43. The summed E-state index contributed by atoms with van der Waals surface area (Å²) in [6, 6.07) is 0. The molecule has 0 radical (unpaired) electrons. The maximum Gasteiger partial charge on any atom is 0.472 e. The fourth-order valence-electron chi connectivity index (χ4n) is 5.60. The maximum absolute atomic E-state index is 12.5. The molecular formula is C40H83ClNO10P. The standard InChI is InChI=1S/C34H67O10P.C6H16N.ClH/c1-3-5-7-9-11-13-14-15-16-18-19-21-23-25-33(37)41-29-32(30-43-45(39,40)42-28-31(36)27-35)44-34(38)26-24-22-20-17-12-10-8-6-4-2;1-5-6-7(2,3)4;/h31-32,35-36H,3-30H2,1-2H3,(H,39,40);5-6H2,1-4H3;1H/q;+1;/p-1/t31?,32-;;/m1../s1. The molecule has 0 saturated heterocycles. The zero-order valence-corrected chi connectivity index (χ0v) is 36.5. The van der Waals surface area contributed by atoms with Crippen molar-refractivity contribution in [1.82, 2.24) is 0 Å². The smallest absolute Gasteiger partial charge is 0.472 e. The van der Waals surface area contributed by atoms with Crippen LogP contribution in [0.2, 0.25) is 0 Å². The molecule has 0 aromatic carbocycles. The lowest BCUT2D eigenvalue weighted by molar-refractivity contribution is -0.870. The SMILES string of the molecule is CCCCCCCCCCCCCCCC(=O)OC[C@H](COP(=O)(O)OCC(O)CO)OC(=O)CCCCCCCCCCC.CCC[N+](C)(C)C.[Cl-]. The number of esters is 2. The summed E-state index contributed by atoms with van der Waals surface area (Å²) in [6.45, 7) is 5.83. The minimum absolute atomic E-state index is 0. The molecule has 2 unspecified atom stereocenters. The van der Waals surface area contributed by atoms with Crippen LogP contribution in [-0.2, 0) is 32.7 Å². The van der Waals surface area contributed by atoms with E-state index in [1.807, 2.05) is 0 Å². The summed E-state index contributed by atoms with van der Waals surface area (Å²) in [4.78, 5) is 34.6. The molecule has 3 N–H and O–H groups in total. The summed E-state index contributed by atoms with van der Waals surface area (Å²) in [5.74, 6) is -0.920. The van der Waals surface area contributed by atoms with E-state index in [1.165, 1.54) is 103 Å². The van der Waals surface area contributed by atoms with Gasteiger partial charge in [0.2, 0.25) is 0 Å². The van der Waals surface area contributed by atoms with Crippen LogP contribution in [0.25, 0.3) is 0 Å². The first-order valence-corrected chi connectivity index (χ1v) is 22.4. The minimum Gasteiger partial charge on any atom is -1.00 e. The fourth-order valence-corrected chi connectivity index (χ4v) is 6.39. The van der Waals surface area contributed by atoms with E-state index in [1.54, 1.807) is 0 Å². The Morgan fingerprint density at radius 3 is 1.32 bits per heavy atom. The molecule has 0 fully saturated rings. The van der Waals surface area contributed by atoms with E-state index in [0.29, 0.717) is 12.8 Å². The molecule has 0 aliphatic carbocycles. The zero-order chi connectivity index (χ0) is 39.4. The number of nitrogens with zero attached hydrogens (tertiary/aromatic N) is 1. The summed E-state index contributed by atoms with van der Waals surface area (Å²) >= 11 is 0. The highest BCUT2D eigenvalue weighted by atomic mass is 35.5. The Kier molecular flexibility index (Phi) is 42.1. The van der Waals surface area contributed by atoms with E-state index >= 15 is 0 Å². The predicted octanol–water partition coefficient (Wildman–Crippen LogP) is 6.44. The maximum atomic E-state index is 12.5. The van der Waals surface area contributed by atoms with Gasteiger partial charge in [0.25, 0.3) is 0 Å². The first-order valence-electron chi connectivity index (χ1n) is 20.9. The molecule has 53 heavy (non-hydrogen) atoms. The Labute approximate surface area is 331 Å². The van der Waals surface area contributed by atoms with Gasteiger partial charge in [0.15, 0.2) is 6.10 Å². The molecule has 13 heteroatoms. The van der Waals surface area contributed by atoms with Crippen LogP contribution < -0.4 is 12.4 Å². The van der Waals surface area contributed by atoms with E-state index in [4.69, 9.17) is 19.1 Å². The molecule has 0 aliphatic heterocycles. The minimum atomic E-state index is -4.60. The highest BCUT2D eigenvalue weighted by Gasteiger charge is 2.27. The van der Waals surface area contributed by atoms with E-state index in [-0.39, 0.29) is 31.9 Å². The van der Waals surface area contributed by atoms with Crippen molar-refractivity contribution in [3.63, 3.8) is 0 Å². The molecule has 0 saturated carbocycles. The number of unbranched alkanes of at least 4 members (excludes halogenated alkanes) is 20. The van der Waals surface area contributed by atoms with Crippen LogP contribution >= 0.6 is 7.82 Å². The number of phosphoric ester groups is 1. The van der Waals surface area contributed by atoms with Crippen molar-refractivity contribution in [2.75, 3.05) is 54.1 Å². The van der Waals surface area contributed by atoms with Crippen LogP contribution in [0.4, 0.5) is 0 Å². The van der Waals surface area contributed by atoms with Gasteiger partial charge in [-0.05, 0) is 19.3 Å². The monoisotopic (exact) mass is 804 g/mol. The zero-order valence-electron chi connectivity index (χ0n) is 34.8. The lowest BCUT2D eigenvalue weighted by Gasteiger charge is -2.22. The lowest BCUT2D eigenvalue weighted by atomic mass is 10.0. The number of ether oxygens (including phenoxy) is 2. The number of aliphatic hydroxyl groups excluding tert-OH is 2. The normalized spacial score (nSPS) is 13.6. The molecule has 0 aromatic rings. The Morgan fingerprint density at radius 1 is 0.585 bits per heavy atom. The molecule has 320 valence electrons. The molecule has 11 nitrogen and oxygen atoms in total. The van der Waals surface area contributed by atoms with Gasteiger partial charge < -0.3 is 41.5 Å². The Hall–Kier alpha value is -0.780. The van der Waals surface area contributed by atoms with E-state index < -0.39 is 51.8 Å². The predicted molar refractivity (Wildman–Crippen MR) is 211 cm³/mol. The largest absolute Gasteiger partial charge is 1.00 e. The number of phosphoric acid groups is 1. The van der Waals surface area contributed by atoms with Gasteiger partial charge in [-0.1, -0.05) is 149 Å². The summed E-state index contributed by atoms with van der Waals surface area (Å²) in [6.07, 6.45) is 25.0. The number of halogens is 1. The second-order valence-electron chi connectivity index (χ2n) is 15.3. The summed E-state index contributed by atoms with van der Waals surface area (Å²) in [5.41, 5.74) is 0. The summed E-state index contributed by atoms with van der Waals surface area (Å²) in [7, 11) is 2.04. The van der Waals surface area contributed by atoms with Crippen molar-refractivity contribution in [3.8, 4) is 0 Å². The van der Waals surface area contributed by atoms with E-state index in [9.17, 15) is 24.2 Å². The highest BCUT2D eigenvalue weighted by molar-refractivity contribution is 7.47.